The lowest BCUT2D eigenvalue weighted by atomic mass is 10.1. The Morgan fingerprint density at radius 2 is 2.33 bits per heavy atom. The van der Waals surface area contributed by atoms with Crippen molar-refractivity contribution in [1.82, 2.24) is 15.1 Å². The standard InChI is InChI=1S/C12H21N3/c1-3-7-15-9-11(8-14-15)12(13-4-2)10-5-6-10/h8-10,12-13H,3-7H2,1-2H3. The third-order valence-electron chi connectivity index (χ3n) is 2.98. The maximum Gasteiger partial charge on any atom is 0.0537 e. The lowest BCUT2D eigenvalue weighted by molar-refractivity contribution is 0.495. The monoisotopic (exact) mass is 207 g/mol. The Labute approximate surface area is 91.9 Å². The van der Waals surface area contributed by atoms with Gasteiger partial charge in [0.2, 0.25) is 0 Å². The average Bonchev–Trinajstić information content (AvgIpc) is 2.96. The molecule has 84 valence electrons. The molecule has 3 nitrogen and oxygen atoms in total. The normalized spacial score (nSPS) is 18.0. The molecule has 1 unspecified atom stereocenters. The van der Waals surface area contributed by atoms with E-state index in [4.69, 9.17) is 0 Å². The van der Waals surface area contributed by atoms with Gasteiger partial charge in [-0.1, -0.05) is 13.8 Å². The van der Waals surface area contributed by atoms with Crippen molar-refractivity contribution >= 4 is 0 Å². The lowest BCUT2D eigenvalue weighted by Crippen LogP contribution is -2.22. The summed E-state index contributed by atoms with van der Waals surface area (Å²) in [6, 6.07) is 0.542. The number of hydrogen-bond acceptors (Lipinski definition) is 2. The van der Waals surface area contributed by atoms with E-state index >= 15 is 0 Å². The molecule has 1 saturated carbocycles. The van der Waals surface area contributed by atoms with Gasteiger partial charge in [0.15, 0.2) is 0 Å². The molecule has 1 aromatic rings. The molecule has 0 saturated heterocycles. The van der Waals surface area contributed by atoms with Crippen LogP contribution in [0, 0.1) is 5.92 Å². The Bertz CT molecular complexity index is 302. The molecule has 1 atom stereocenters. The fraction of sp³-hybridized carbons (Fsp3) is 0.750. The summed E-state index contributed by atoms with van der Waals surface area (Å²) in [4.78, 5) is 0. The van der Waals surface area contributed by atoms with Gasteiger partial charge >= 0.3 is 0 Å². The van der Waals surface area contributed by atoms with Crippen molar-refractivity contribution < 1.29 is 0 Å². The van der Waals surface area contributed by atoms with Crippen LogP contribution in [0.5, 0.6) is 0 Å². The van der Waals surface area contributed by atoms with E-state index < -0.39 is 0 Å². The van der Waals surface area contributed by atoms with Gasteiger partial charge in [-0.05, 0) is 31.7 Å². The van der Waals surface area contributed by atoms with Gasteiger partial charge in [-0.15, -0.1) is 0 Å². The Hall–Kier alpha value is -0.830. The van der Waals surface area contributed by atoms with Gasteiger partial charge in [-0.2, -0.15) is 5.10 Å². The lowest BCUT2D eigenvalue weighted by Gasteiger charge is -2.14. The Kier molecular flexibility index (Phi) is 3.41. The van der Waals surface area contributed by atoms with Gasteiger partial charge < -0.3 is 5.32 Å². The molecular weight excluding hydrogens is 186 g/mol. The number of nitrogens with one attached hydrogen (secondary N) is 1. The summed E-state index contributed by atoms with van der Waals surface area (Å²) in [5, 5.41) is 7.96. The fourth-order valence-electron chi connectivity index (χ4n) is 2.10. The van der Waals surface area contributed by atoms with E-state index in [1.807, 2.05) is 6.20 Å². The minimum absolute atomic E-state index is 0.542. The van der Waals surface area contributed by atoms with Gasteiger partial charge in [-0.25, -0.2) is 0 Å². The Morgan fingerprint density at radius 1 is 1.53 bits per heavy atom. The van der Waals surface area contributed by atoms with Crippen molar-refractivity contribution in [1.29, 1.82) is 0 Å². The molecule has 0 aliphatic heterocycles. The smallest absolute Gasteiger partial charge is 0.0537 e. The zero-order valence-electron chi connectivity index (χ0n) is 9.74. The molecule has 1 N–H and O–H groups in total. The predicted octanol–water partition coefficient (Wildman–Crippen LogP) is 2.35. The molecular formula is C12H21N3. The molecule has 2 rings (SSSR count). The first kappa shape index (κ1) is 10.7. The summed E-state index contributed by atoms with van der Waals surface area (Å²) in [5.41, 5.74) is 1.37. The molecule has 0 bridgehead atoms. The van der Waals surface area contributed by atoms with E-state index in [2.05, 4.69) is 35.1 Å². The quantitative estimate of drug-likeness (QED) is 0.776. The SMILES string of the molecule is CCCn1cc(C(NCC)C2CC2)cn1. The highest BCUT2D eigenvalue weighted by Gasteiger charge is 2.32. The van der Waals surface area contributed by atoms with Crippen LogP contribution in [0.2, 0.25) is 0 Å². The van der Waals surface area contributed by atoms with Crippen LogP contribution in [-0.4, -0.2) is 16.3 Å². The van der Waals surface area contributed by atoms with E-state index in [9.17, 15) is 0 Å². The van der Waals surface area contributed by atoms with Crippen molar-refractivity contribution in [2.24, 2.45) is 5.92 Å². The zero-order valence-corrected chi connectivity index (χ0v) is 9.74. The molecule has 1 aliphatic carbocycles. The number of aryl methyl sites for hydroxylation is 1. The number of rotatable bonds is 6. The molecule has 1 aliphatic rings. The van der Waals surface area contributed by atoms with E-state index in [0.29, 0.717) is 6.04 Å². The van der Waals surface area contributed by atoms with Crippen molar-refractivity contribution in [2.75, 3.05) is 6.54 Å². The number of nitrogens with zero attached hydrogens (tertiary/aromatic N) is 2. The molecule has 15 heavy (non-hydrogen) atoms. The summed E-state index contributed by atoms with van der Waals surface area (Å²) in [7, 11) is 0. The minimum Gasteiger partial charge on any atom is -0.310 e. The third-order valence-corrected chi connectivity index (χ3v) is 2.98. The fourth-order valence-corrected chi connectivity index (χ4v) is 2.10. The first-order chi connectivity index (χ1) is 7.35. The average molecular weight is 207 g/mol. The first-order valence-electron chi connectivity index (χ1n) is 6.10. The Morgan fingerprint density at radius 3 is 2.93 bits per heavy atom. The van der Waals surface area contributed by atoms with Gasteiger partial charge in [0.25, 0.3) is 0 Å². The van der Waals surface area contributed by atoms with Gasteiger partial charge in [-0.3, -0.25) is 4.68 Å². The number of aromatic nitrogens is 2. The van der Waals surface area contributed by atoms with Crippen LogP contribution >= 0.6 is 0 Å². The second-order valence-corrected chi connectivity index (χ2v) is 4.41. The van der Waals surface area contributed by atoms with Gasteiger partial charge in [0.05, 0.1) is 6.20 Å². The highest BCUT2D eigenvalue weighted by atomic mass is 15.3. The van der Waals surface area contributed by atoms with E-state index in [0.717, 1.165) is 25.4 Å². The highest BCUT2D eigenvalue weighted by molar-refractivity contribution is 5.14. The number of hydrogen-bond donors (Lipinski definition) is 1. The van der Waals surface area contributed by atoms with Crippen molar-refractivity contribution in [3.05, 3.63) is 18.0 Å². The van der Waals surface area contributed by atoms with Crippen LogP contribution in [0.4, 0.5) is 0 Å². The summed E-state index contributed by atoms with van der Waals surface area (Å²) >= 11 is 0. The second-order valence-electron chi connectivity index (χ2n) is 4.41. The summed E-state index contributed by atoms with van der Waals surface area (Å²) < 4.78 is 2.06. The van der Waals surface area contributed by atoms with Gasteiger partial charge in [0.1, 0.15) is 0 Å². The molecule has 0 aromatic carbocycles. The molecule has 1 fully saturated rings. The maximum absolute atomic E-state index is 4.40. The van der Waals surface area contributed by atoms with Crippen molar-refractivity contribution in [2.45, 2.75) is 45.7 Å². The van der Waals surface area contributed by atoms with Crippen LogP contribution in [0.15, 0.2) is 12.4 Å². The van der Waals surface area contributed by atoms with Crippen molar-refractivity contribution in [3.8, 4) is 0 Å². The molecule has 3 heteroatoms. The van der Waals surface area contributed by atoms with Crippen LogP contribution in [-0.2, 0) is 6.54 Å². The van der Waals surface area contributed by atoms with Crippen LogP contribution in [0.25, 0.3) is 0 Å². The summed E-state index contributed by atoms with van der Waals surface area (Å²) in [6.45, 7) is 6.43. The van der Waals surface area contributed by atoms with Crippen LogP contribution < -0.4 is 5.32 Å². The van der Waals surface area contributed by atoms with Crippen LogP contribution in [0.1, 0.15) is 44.7 Å². The summed E-state index contributed by atoms with van der Waals surface area (Å²) in [5.74, 6) is 0.851. The molecule has 0 spiro atoms. The van der Waals surface area contributed by atoms with E-state index in [1.54, 1.807) is 0 Å². The second kappa shape index (κ2) is 4.79. The molecule has 0 radical (unpaired) electrons. The molecule has 1 heterocycles. The highest BCUT2D eigenvalue weighted by Crippen LogP contribution is 2.40. The van der Waals surface area contributed by atoms with E-state index in [1.165, 1.54) is 18.4 Å². The minimum atomic E-state index is 0.542. The largest absolute Gasteiger partial charge is 0.310 e. The zero-order chi connectivity index (χ0) is 10.7. The van der Waals surface area contributed by atoms with Gasteiger partial charge in [0, 0.05) is 24.3 Å². The summed E-state index contributed by atoms with van der Waals surface area (Å²) in [6.07, 6.45) is 8.13. The van der Waals surface area contributed by atoms with Crippen molar-refractivity contribution in [3.63, 3.8) is 0 Å². The first-order valence-corrected chi connectivity index (χ1v) is 6.10. The van der Waals surface area contributed by atoms with E-state index in [-0.39, 0.29) is 0 Å². The molecule has 0 amide bonds. The molecule has 1 aromatic heterocycles. The van der Waals surface area contributed by atoms with Crippen LogP contribution in [0.3, 0.4) is 0 Å². The predicted molar refractivity (Wildman–Crippen MR) is 61.7 cm³/mol. The topological polar surface area (TPSA) is 29.9 Å². The maximum atomic E-state index is 4.40. The Balaban J connectivity index is 2.04. The third kappa shape index (κ3) is 2.59.